The van der Waals surface area contributed by atoms with Gasteiger partial charge in [-0.2, -0.15) is 0 Å². The standard InChI is InChI=1S/C27H32N6O2.C26H28N6O3.C26H30N6O2.C25H26N6O3/c1-4-31(5-2)17-18-32(6-3)27(35)20-7-9-22(10-8-20)30-23-11-12-24(33-16-15-29-26(23)33)21-13-14-28-25(34)19-21;1-35-17-16-30-12-14-31(15-13-30)26(34)19-2-4-21(5-3-19)29-22-6-7-23(32-11-10-28-25(22)32)20-8-9-27-24(33)18-20;1-4-30(3)16-17-31(5-2)26(34)19-6-8-21(9-7-19)29-22-10-11-23(32-15-14-28-25(22)32)20-12-13-27-24(33)18-20;32-23-17-19(7-8-26-23)22-6-5-21(24-27-10-12-31(22)24)29-20-3-1-18(2-4-20)25(33)28-9-11-30-13-15-34-16-14-30/h7-16,19,30H,4-6,17-18H2,1-3H3,(H,28,34);2-11,18,29H,12-17H2,1H3,(H,27,33);6-15,18,29H,4-5,16-17H2,1-3H3,(H,27,33);1-8,10,12,17,29H,9,11,13-16H2,(H,26,32)(H,28,33). The van der Waals surface area contributed by atoms with Gasteiger partial charge in [-0.1, -0.05) is 20.8 Å². The van der Waals surface area contributed by atoms with Crippen LogP contribution in [0.2, 0.25) is 0 Å². The van der Waals surface area contributed by atoms with Crippen LogP contribution in [-0.2, 0) is 9.47 Å². The first-order chi connectivity index (χ1) is 67.3. The number of methoxy groups -OCH3 is 1. The Morgan fingerprint density at radius 3 is 1.06 bits per heavy atom. The average Bonchev–Trinajstić information content (AvgIpc) is 1.61. The van der Waals surface area contributed by atoms with Gasteiger partial charge in [0.2, 0.25) is 22.2 Å². The van der Waals surface area contributed by atoms with Gasteiger partial charge in [0.1, 0.15) is 0 Å². The molecule has 0 spiro atoms. The molecule has 34 nitrogen and oxygen atoms in total. The van der Waals surface area contributed by atoms with Crippen LogP contribution in [0.5, 0.6) is 0 Å². The molecule has 14 heterocycles. The molecule has 0 unspecified atom stereocenters. The lowest BCUT2D eigenvalue weighted by Gasteiger charge is -2.34. The molecule has 712 valence electrons. The van der Waals surface area contributed by atoms with Crippen LogP contribution in [0, 0.1) is 0 Å². The van der Waals surface area contributed by atoms with E-state index in [1.807, 2.05) is 229 Å². The highest BCUT2D eigenvalue weighted by atomic mass is 16.5. The van der Waals surface area contributed by atoms with Crippen LogP contribution >= 0.6 is 0 Å². The van der Waals surface area contributed by atoms with Crippen LogP contribution in [-0.4, -0.2) is 267 Å². The van der Waals surface area contributed by atoms with Gasteiger partial charge in [-0.3, -0.25) is 65.8 Å². The maximum absolute atomic E-state index is 13.0. The monoisotopic (exact) mass is 1860 g/mol. The van der Waals surface area contributed by atoms with E-state index in [2.05, 4.69) is 114 Å². The van der Waals surface area contributed by atoms with Crippen molar-refractivity contribution in [2.45, 2.75) is 34.6 Å². The number of imidazole rings is 4. The number of pyridine rings is 8. The molecule has 0 bridgehead atoms. The first-order valence-electron chi connectivity index (χ1n) is 46.5. The Hall–Kier alpha value is -15.7. The molecule has 0 aliphatic carbocycles. The third kappa shape index (κ3) is 24.5. The van der Waals surface area contributed by atoms with Crippen LogP contribution < -0.4 is 48.8 Å². The van der Waals surface area contributed by atoms with E-state index in [4.69, 9.17) is 9.47 Å². The van der Waals surface area contributed by atoms with Crippen LogP contribution in [0.3, 0.4) is 0 Å². The van der Waals surface area contributed by atoms with Gasteiger partial charge in [0.05, 0.1) is 65.3 Å². The molecule has 9 N–H and O–H groups in total. The predicted octanol–water partition coefficient (Wildman–Crippen LogP) is 13.4. The van der Waals surface area contributed by atoms with E-state index in [9.17, 15) is 38.4 Å². The summed E-state index contributed by atoms with van der Waals surface area (Å²) < 4.78 is 18.3. The number of anilines is 8. The number of carbonyl (C=O) groups excluding carboxylic acids is 4. The second-order valence-electron chi connectivity index (χ2n) is 33.1. The molecule has 2 saturated heterocycles. The van der Waals surface area contributed by atoms with Crippen molar-refractivity contribution in [1.82, 2.24) is 97.1 Å². The number of benzene rings is 4. The highest BCUT2D eigenvalue weighted by Crippen LogP contribution is 2.33. The number of morpholine rings is 1. The van der Waals surface area contributed by atoms with Gasteiger partial charge in [-0.25, -0.2) is 19.9 Å². The first kappa shape index (κ1) is 96.8. The molecule has 34 heteroatoms. The molecule has 0 atom stereocenters. The van der Waals surface area contributed by atoms with E-state index in [1.54, 1.807) is 93.1 Å². The van der Waals surface area contributed by atoms with Gasteiger partial charge < -0.3 is 80.5 Å². The van der Waals surface area contributed by atoms with Crippen molar-refractivity contribution in [3.63, 3.8) is 0 Å². The van der Waals surface area contributed by atoms with E-state index in [0.717, 1.165) is 211 Å². The first-order valence-corrected chi connectivity index (χ1v) is 46.5. The topological polar surface area (TPSA) is 370 Å². The lowest BCUT2D eigenvalue weighted by atomic mass is 10.1. The minimum Gasteiger partial charge on any atom is -0.383 e. The summed E-state index contributed by atoms with van der Waals surface area (Å²) >= 11 is 0. The van der Waals surface area contributed by atoms with E-state index in [0.29, 0.717) is 61.6 Å². The molecule has 12 aromatic heterocycles. The predicted molar refractivity (Wildman–Crippen MR) is 542 cm³/mol. The number of piperazine rings is 1. The van der Waals surface area contributed by atoms with Gasteiger partial charge in [-0.05, 0) is 210 Å². The van der Waals surface area contributed by atoms with Gasteiger partial charge >= 0.3 is 0 Å². The molecule has 18 rings (SSSR count). The van der Waals surface area contributed by atoms with Crippen molar-refractivity contribution in [2.75, 3.05) is 173 Å². The SMILES string of the molecule is CCN(C)CCN(CC)C(=O)c1ccc(Nc2ccc(-c3cc[nH]c(=O)c3)n3ccnc23)cc1.CCN(CC)CCN(CC)C(=O)c1ccc(Nc2ccc(-c3cc[nH]c(=O)c3)n3ccnc23)cc1.COCCN1CCN(C(=O)c2ccc(Nc3ccc(-c4cc[nH]c(=O)c4)n4ccnc34)cc2)CC1.O=C(NCCN1CCOCC1)c1ccc(Nc2ccc(-c3cc[nH]c(=O)c3)n3ccnc23)cc1. The lowest BCUT2D eigenvalue weighted by molar-refractivity contribution is 0.0383. The highest BCUT2D eigenvalue weighted by Gasteiger charge is 2.25. The number of H-pyrrole nitrogens is 4. The third-order valence-electron chi connectivity index (χ3n) is 24.4. The Labute approximate surface area is 798 Å². The van der Waals surface area contributed by atoms with Crippen LogP contribution in [0.4, 0.5) is 45.5 Å². The smallest absolute Gasteiger partial charge is 0.253 e. The fourth-order valence-corrected chi connectivity index (χ4v) is 16.5. The number of hydrogen-bond acceptors (Lipinski definition) is 22. The molecule has 0 saturated carbocycles. The van der Waals surface area contributed by atoms with Gasteiger partial charge in [0.25, 0.3) is 23.6 Å². The third-order valence-corrected chi connectivity index (χ3v) is 24.4. The second-order valence-corrected chi connectivity index (χ2v) is 33.1. The number of carbonyl (C=O) groups is 4. The summed E-state index contributed by atoms with van der Waals surface area (Å²) in [6.45, 7) is 27.4. The molecular formula is C104H116N24O10. The lowest BCUT2D eigenvalue weighted by Crippen LogP contribution is -2.49. The number of fused-ring (bicyclic) bond motifs is 4. The van der Waals surface area contributed by atoms with Gasteiger partial charge in [0.15, 0.2) is 22.6 Å². The molecule has 4 amide bonds. The second kappa shape index (κ2) is 47.0. The quantitative estimate of drug-likeness (QED) is 0.0184. The number of likely N-dealkylation sites (N-methyl/N-ethyl adjacent to an activating group) is 4. The number of rotatable bonds is 33. The van der Waals surface area contributed by atoms with Crippen molar-refractivity contribution in [3.05, 3.63) is 332 Å². The summed E-state index contributed by atoms with van der Waals surface area (Å²) in [6.07, 6.45) is 20.9. The Bertz CT molecular complexity index is 7050. The zero-order valence-corrected chi connectivity index (χ0v) is 78.5. The molecule has 2 aliphatic rings. The molecule has 16 aromatic rings. The van der Waals surface area contributed by atoms with Gasteiger partial charge in [-0.15, -0.1) is 0 Å². The minimum absolute atomic E-state index is 0.0383. The Morgan fingerprint density at radius 2 is 0.725 bits per heavy atom. The van der Waals surface area contributed by atoms with Crippen LogP contribution in [0.1, 0.15) is 76.1 Å². The molecular weight excluding hydrogens is 1750 g/mol. The van der Waals surface area contributed by atoms with E-state index >= 15 is 0 Å². The number of hydrogen-bond donors (Lipinski definition) is 9. The number of ether oxygens (including phenoxy) is 2. The Morgan fingerprint density at radius 1 is 0.384 bits per heavy atom. The normalized spacial score (nSPS) is 12.7. The van der Waals surface area contributed by atoms with Crippen molar-refractivity contribution in [1.29, 1.82) is 0 Å². The van der Waals surface area contributed by atoms with Gasteiger partial charge in [0, 0.05) is 271 Å². The zero-order chi connectivity index (χ0) is 96.4. The summed E-state index contributed by atoms with van der Waals surface area (Å²) in [4.78, 5) is 142. The molecule has 138 heavy (non-hydrogen) atoms. The molecule has 2 aliphatic heterocycles. The summed E-state index contributed by atoms with van der Waals surface area (Å²) in [5.41, 5.74) is 18.5. The molecule has 0 radical (unpaired) electrons. The van der Waals surface area contributed by atoms with Crippen LogP contribution in [0.25, 0.3) is 67.6 Å². The van der Waals surface area contributed by atoms with Crippen molar-refractivity contribution >= 4 is 91.7 Å². The number of nitrogens with one attached hydrogen (secondary N) is 9. The summed E-state index contributed by atoms with van der Waals surface area (Å²) in [5, 5.41) is 16.6. The summed E-state index contributed by atoms with van der Waals surface area (Å²) in [7, 11) is 3.76. The fourth-order valence-electron chi connectivity index (χ4n) is 16.5. The van der Waals surface area contributed by atoms with Crippen LogP contribution in [0.15, 0.2) is 288 Å². The van der Waals surface area contributed by atoms with Crippen molar-refractivity contribution < 1.29 is 28.7 Å². The van der Waals surface area contributed by atoms with E-state index in [1.165, 1.54) is 0 Å². The average molecular weight is 1860 g/mol. The number of nitrogens with zero attached hydrogens (tertiary/aromatic N) is 15. The summed E-state index contributed by atoms with van der Waals surface area (Å²) in [6, 6.07) is 59.2. The van der Waals surface area contributed by atoms with E-state index < -0.39 is 0 Å². The zero-order valence-electron chi connectivity index (χ0n) is 78.5. The fraction of sp³-hybridized carbons (Fsp3) is 0.269. The largest absolute Gasteiger partial charge is 0.383 e. The Kier molecular flexibility index (Phi) is 33.0. The van der Waals surface area contributed by atoms with E-state index in [-0.39, 0.29) is 45.9 Å². The number of aromatic nitrogens is 12. The minimum atomic E-state index is -0.154. The highest BCUT2D eigenvalue weighted by molar-refractivity contribution is 5.97. The van der Waals surface area contributed by atoms with Crippen molar-refractivity contribution in [2.24, 2.45) is 0 Å². The Balaban J connectivity index is 0.000000140. The number of aromatic amines is 4. The maximum atomic E-state index is 13.0. The maximum Gasteiger partial charge on any atom is 0.253 e. The van der Waals surface area contributed by atoms with Crippen molar-refractivity contribution in [3.8, 4) is 45.0 Å². The molecule has 2 fully saturated rings. The summed E-state index contributed by atoms with van der Waals surface area (Å²) in [5.74, 6) is 0.0545. The number of amides is 4. The molecule has 4 aromatic carbocycles.